The van der Waals surface area contributed by atoms with Crippen LogP contribution < -0.4 is 4.74 Å². The molecule has 0 radical (unpaired) electrons. The molecule has 3 heterocycles. The highest BCUT2D eigenvalue weighted by Crippen LogP contribution is 2.21. The number of methoxy groups -OCH3 is 1. The van der Waals surface area contributed by atoms with Crippen molar-refractivity contribution in [3.05, 3.63) is 48.4 Å². The summed E-state index contributed by atoms with van der Waals surface area (Å²) in [7, 11) is 1.64. The second-order valence-electron chi connectivity index (χ2n) is 6.23. The third-order valence-electron chi connectivity index (χ3n) is 4.63. The van der Waals surface area contributed by atoms with Crippen LogP contribution in [0, 0.1) is 0 Å². The summed E-state index contributed by atoms with van der Waals surface area (Å²) < 4.78 is 7.10. The zero-order valence-corrected chi connectivity index (χ0v) is 14.2. The third-order valence-corrected chi connectivity index (χ3v) is 4.63. The van der Waals surface area contributed by atoms with Crippen LogP contribution in [0.1, 0.15) is 29.6 Å². The molecule has 1 fully saturated rings. The molecule has 0 unspecified atom stereocenters. The molecule has 1 saturated heterocycles. The van der Waals surface area contributed by atoms with Gasteiger partial charge in [-0.1, -0.05) is 0 Å². The molecule has 25 heavy (non-hydrogen) atoms. The number of pyridine rings is 1. The van der Waals surface area contributed by atoms with E-state index in [-0.39, 0.29) is 5.91 Å². The Kier molecular flexibility index (Phi) is 4.09. The molecule has 4 rings (SSSR count). The summed E-state index contributed by atoms with van der Waals surface area (Å²) in [6.07, 6.45) is 6.74. The maximum atomic E-state index is 12.6. The van der Waals surface area contributed by atoms with Crippen LogP contribution in [0.4, 0.5) is 0 Å². The van der Waals surface area contributed by atoms with Gasteiger partial charge in [0.2, 0.25) is 0 Å². The largest absolute Gasteiger partial charge is 0.497 e. The van der Waals surface area contributed by atoms with Gasteiger partial charge in [-0.05, 0) is 49.6 Å². The van der Waals surface area contributed by atoms with Crippen molar-refractivity contribution in [2.24, 2.45) is 0 Å². The second kappa shape index (κ2) is 6.55. The number of nitrogens with zero attached hydrogens (tertiary/aromatic N) is 4. The molecule has 6 nitrogen and oxygen atoms in total. The number of carbonyl (C=O) groups is 1. The smallest absolute Gasteiger partial charge is 0.255 e. The van der Waals surface area contributed by atoms with Gasteiger partial charge in [0.15, 0.2) is 5.65 Å². The normalized spacial score (nSPS) is 14.7. The molecule has 0 aliphatic carbocycles. The predicted octanol–water partition coefficient (Wildman–Crippen LogP) is 3.06. The minimum atomic E-state index is 0.0492. The molecule has 2 aromatic heterocycles. The molecule has 1 aliphatic heterocycles. The van der Waals surface area contributed by atoms with E-state index < -0.39 is 0 Å². The average molecular weight is 336 g/mol. The zero-order valence-electron chi connectivity index (χ0n) is 14.2. The Morgan fingerprint density at radius 1 is 1.08 bits per heavy atom. The Morgan fingerprint density at radius 2 is 1.84 bits per heavy atom. The summed E-state index contributed by atoms with van der Waals surface area (Å²) in [5.74, 6) is 0.851. The van der Waals surface area contributed by atoms with Crippen LogP contribution >= 0.6 is 0 Å². The Labute approximate surface area is 146 Å². The van der Waals surface area contributed by atoms with Crippen LogP contribution in [0.3, 0.4) is 0 Å². The lowest BCUT2D eigenvalue weighted by Crippen LogP contribution is -2.35. The first-order valence-electron chi connectivity index (χ1n) is 8.53. The molecule has 0 spiro atoms. The maximum absolute atomic E-state index is 12.6. The van der Waals surface area contributed by atoms with Crippen LogP contribution in [0.5, 0.6) is 5.75 Å². The SMILES string of the molecule is COc1ccc(-n2cnc3cc(C(=O)N4CCCCC4)cnc32)cc1. The number of hydrogen-bond acceptors (Lipinski definition) is 4. The first-order chi connectivity index (χ1) is 12.3. The van der Waals surface area contributed by atoms with Gasteiger partial charge < -0.3 is 9.64 Å². The van der Waals surface area contributed by atoms with Gasteiger partial charge in [0.1, 0.15) is 17.6 Å². The summed E-state index contributed by atoms with van der Waals surface area (Å²) in [6, 6.07) is 9.53. The van der Waals surface area contributed by atoms with Gasteiger partial charge in [-0.15, -0.1) is 0 Å². The number of fused-ring (bicyclic) bond motifs is 1. The van der Waals surface area contributed by atoms with Crippen molar-refractivity contribution in [2.75, 3.05) is 20.2 Å². The van der Waals surface area contributed by atoms with Crippen LogP contribution in [-0.2, 0) is 0 Å². The Morgan fingerprint density at radius 3 is 2.56 bits per heavy atom. The molecular weight excluding hydrogens is 316 g/mol. The van der Waals surface area contributed by atoms with Gasteiger partial charge in [0.25, 0.3) is 5.91 Å². The van der Waals surface area contributed by atoms with Crippen molar-refractivity contribution in [3.63, 3.8) is 0 Å². The molecule has 1 amide bonds. The van der Waals surface area contributed by atoms with E-state index in [1.807, 2.05) is 39.8 Å². The van der Waals surface area contributed by atoms with E-state index in [1.54, 1.807) is 19.6 Å². The first-order valence-corrected chi connectivity index (χ1v) is 8.53. The Bertz CT molecular complexity index is 895. The minimum Gasteiger partial charge on any atom is -0.497 e. The van der Waals surface area contributed by atoms with E-state index in [0.717, 1.165) is 48.5 Å². The highest BCUT2D eigenvalue weighted by Gasteiger charge is 2.19. The molecule has 0 bridgehead atoms. The van der Waals surface area contributed by atoms with Crippen LogP contribution in [-0.4, -0.2) is 45.5 Å². The fourth-order valence-electron chi connectivity index (χ4n) is 3.23. The van der Waals surface area contributed by atoms with E-state index in [2.05, 4.69) is 9.97 Å². The van der Waals surface area contributed by atoms with Crippen molar-refractivity contribution >= 4 is 17.1 Å². The number of ether oxygens (including phenoxy) is 1. The van der Waals surface area contributed by atoms with E-state index in [4.69, 9.17) is 4.74 Å². The number of likely N-dealkylation sites (tertiary alicyclic amines) is 1. The number of imidazole rings is 1. The summed E-state index contributed by atoms with van der Waals surface area (Å²) >= 11 is 0. The van der Waals surface area contributed by atoms with E-state index in [0.29, 0.717) is 5.56 Å². The molecule has 1 aromatic carbocycles. The number of hydrogen-bond donors (Lipinski definition) is 0. The van der Waals surface area contributed by atoms with Crippen molar-refractivity contribution < 1.29 is 9.53 Å². The lowest BCUT2D eigenvalue weighted by Gasteiger charge is -2.26. The average Bonchev–Trinajstić information content (AvgIpc) is 3.11. The molecule has 0 N–H and O–H groups in total. The van der Waals surface area contributed by atoms with Crippen molar-refractivity contribution in [1.82, 2.24) is 19.4 Å². The first kappa shape index (κ1) is 15.6. The number of rotatable bonds is 3. The monoisotopic (exact) mass is 336 g/mol. The quantitative estimate of drug-likeness (QED) is 0.737. The number of piperidine rings is 1. The second-order valence-corrected chi connectivity index (χ2v) is 6.23. The topological polar surface area (TPSA) is 60.3 Å². The predicted molar refractivity (Wildman–Crippen MR) is 95.2 cm³/mol. The van der Waals surface area contributed by atoms with Gasteiger partial charge in [-0.3, -0.25) is 9.36 Å². The lowest BCUT2D eigenvalue weighted by atomic mass is 10.1. The molecule has 3 aromatic rings. The summed E-state index contributed by atoms with van der Waals surface area (Å²) in [5.41, 5.74) is 3.01. The van der Waals surface area contributed by atoms with Crippen molar-refractivity contribution in [3.8, 4) is 11.4 Å². The summed E-state index contributed by atoms with van der Waals surface area (Å²) in [6.45, 7) is 1.66. The summed E-state index contributed by atoms with van der Waals surface area (Å²) in [4.78, 5) is 23.5. The molecule has 128 valence electrons. The van der Waals surface area contributed by atoms with Crippen LogP contribution in [0.25, 0.3) is 16.9 Å². The van der Waals surface area contributed by atoms with Crippen molar-refractivity contribution in [1.29, 1.82) is 0 Å². The van der Waals surface area contributed by atoms with Gasteiger partial charge in [-0.2, -0.15) is 0 Å². The van der Waals surface area contributed by atoms with Crippen molar-refractivity contribution in [2.45, 2.75) is 19.3 Å². The summed E-state index contributed by atoms with van der Waals surface area (Å²) in [5, 5.41) is 0. The van der Waals surface area contributed by atoms with Gasteiger partial charge in [0, 0.05) is 25.0 Å². The molecule has 0 saturated carbocycles. The molecule has 0 atom stereocenters. The number of benzene rings is 1. The van der Waals surface area contributed by atoms with E-state index in [1.165, 1.54) is 6.42 Å². The van der Waals surface area contributed by atoms with E-state index in [9.17, 15) is 4.79 Å². The number of carbonyl (C=O) groups excluding carboxylic acids is 1. The van der Waals surface area contributed by atoms with Gasteiger partial charge >= 0.3 is 0 Å². The standard InChI is InChI=1S/C19H20N4O2/c1-25-16-7-5-15(6-8-16)23-13-21-17-11-14(12-20-18(17)23)19(24)22-9-3-2-4-10-22/h5-8,11-13H,2-4,9-10H2,1H3. The van der Waals surface area contributed by atoms with E-state index >= 15 is 0 Å². The zero-order chi connectivity index (χ0) is 17.2. The maximum Gasteiger partial charge on any atom is 0.255 e. The Hall–Kier alpha value is -2.89. The van der Waals surface area contributed by atoms with Gasteiger partial charge in [-0.25, -0.2) is 9.97 Å². The Balaban J connectivity index is 1.65. The third kappa shape index (κ3) is 2.95. The molecular formula is C19H20N4O2. The lowest BCUT2D eigenvalue weighted by molar-refractivity contribution is 0.0724. The van der Waals surface area contributed by atoms with Crippen LogP contribution in [0.2, 0.25) is 0 Å². The fraction of sp³-hybridized carbons (Fsp3) is 0.316. The highest BCUT2D eigenvalue weighted by molar-refractivity contribution is 5.96. The number of aromatic nitrogens is 3. The fourth-order valence-corrected chi connectivity index (χ4v) is 3.23. The van der Waals surface area contributed by atoms with Gasteiger partial charge in [0.05, 0.1) is 12.7 Å². The van der Waals surface area contributed by atoms with Crippen LogP contribution in [0.15, 0.2) is 42.9 Å². The molecule has 6 heteroatoms. The molecule has 1 aliphatic rings. The number of amides is 1. The minimum absolute atomic E-state index is 0.0492. The highest BCUT2D eigenvalue weighted by atomic mass is 16.5.